The largest absolute Gasteiger partial charge is 0.495 e. The number of amides is 1. The first kappa shape index (κ1) is 25.6. The Kier molecular flexibility index (Phi) is 7.84. The van der Waals surface area contributed by atoms with E-state index in [0.717, 1.165) is 23.2 Å². The average molecular weight is 508 g/mol. The lowest BCUT2D eigenvalue weighted by molar-refractivity contribution is -0.129. The molecule has 0 spiro atoms. The summed E-state index contributed by atoms with van der Waals surface area (Å²) in [6, 6.07) is 22.4. The van der Waals surface area contributed by atoms with Gasteiger partial charge in [-0.05, 0) is 60.9 Å². The van der Waals surface area contributed by atoms with Crippen molar-refractivity contribution in [2.45, 2.75) is 25.2 Å². The van der Waals surface area contributed by atoms with Crippen LogP contribution < -0.4 is 13.9 Å². The fourth-order valence-electron chi connectivity index (χ4n) is 4.39. The summed E-state index contributed by atoms with van der Waals surface area (Å²) in [7, 11) is -2.63. The molecule has 4 rings (SSSR count). The van der Waals surface area contributed by atoms with Crippen molar-refractivity contribution in [1.29, 1.82) is 0 Å². The zero-order chi connectivity index (χ0) is 25.7. The van der Waals surface area contributed by atoms with Gasteiger partial charge in [-0.25, -0.2) is 8.42 Å². The van der Waals surface area contributed by atoms with Gasteiger partial charge in [0.1, 0.15) is 17.2 Å². The number of carbonyl (C=O) groups is 1. The van der Waals surface area contributed by atoms with Crippen LogP contribution in [-0.4, -0.2) is 59.1 Å². The maximum absolute atomic E-state index is 13.9. The number of benzene rings is 3. The van der Waals surface area contributed by atoms with E-state index >= 15 is 0 Å². The highest BCUT2D eigenvalue weighted by atomic mass is 32.2. The lowest BCUT2D eigenvalue weighted by Crippen LogP contribution is -2.52. The van der Waals surface area contributed by atoms with E-state index in [4.69, 9.17) is 4.74 Å². The van der Waals surface area contributed by atoms with Crippen LogP contribution in [0.2, 0.25) is 0 Å². The molecule has 0 atom stereocenters. The number of carbonyl (C=O) groups excluding carboxylic acids is 1. The molecule has 7 nitrogen and oxygen atoms in total. The van der Waals surface area contributed by atoms with Crippen molar-refractivity contribution in [3.05, 3.63) is 83.9 Å². The molecule has 0 N–H and O–H groups in total. The van der Waals surface area contributed by atoms with Gasteiger partial charge in [-0.15, -0.1) is 0 Å². The van der Waals surface area contributed by atoms with E-state index in [1.165, 1.54) is 11.4 Å². The first-order chi connectivity index (χ1) is 17.3. The minimum absolute atomic E-state index is 0.0475. The fraction of sp³-hybridized carbons (Fsp3) is 0.321. The minimum Gasteiger partial charge on any atom is -0.495 e. The maximum atomic E-state index is 13.9. The second-order valence-electron chi connectivity index (χ2n) is 8.89. The van der Waals surface area contributed by atoms with Gasteiger partial charge in [0.25, 0.3) is 10.0 Å². The van der Waals surface area contributed by atoms with Crippen molar-refractivity contribution in [3.63, 3.8) is 0 Å². The van der Waals surface area contributed by atoms with Crippen LogP contribution >= 0.6 is 0 Å². The Morgan fingerprint density at radius 2 is 1.61 bits per heavy atom. The Hall–Kier alpha value is -3.52. The lowest BCUT2D eigenvalue weighted by Gasteiger charge is -2.37. The maximum Gasteiger partial charge on any atom is 0.268 e. The minimum atomic E-state index is -4.08. The van der Waals surface area contributed by atoms with Crippen molar-refractivity contribution in [2.75, 3.05) is 49.0 Å². The van der Waals surface area contributed by atoms with Gasteiger partial charge in [0.05, 0.1) is 12.8 Å². The summed E-state index contributed by atoms with van der Waals surface area (Å²) in [5, 5.41) is 0. The molecule has 1 fully saturated rings. The number of nitrogens with zero attached hydrogens (tertiary/aromatic N) is 3. The van der Waals surface area contributed by atoms with Gasteiger partial charge < -0.3 is 14.5 Å². The molecule has 3 aromatic carbocycles. The van der Waals surface area contributed by atoms with Gasteiger partial charge in [-0.1, -0.05) is 43.3 Å². The second kappa shape index (κ2) is 11.0. The summed E-state index contributed by atoms with van der Waals surface area (Å²) in [4.78, 5) is 17.4. The molecule has 0 aliphatic carbocycles. The summed E-state index contributed by atoms with van der Waals surface area (Å²) in [5.41, 5.74) is 3.45. The second-order valence-corrected chi connectivity index (χ2v) is 10.7. The van der Waals surface area contributed by atoms with E-state index in [0.29, 0.717) is 31.9 Å². The quantitative estimate of drug-likeness (QED) is 0.459. The Balaban J connectivity index is 1.60. The number of hydrogen-bond donors (Lipinski definition) is 0. The molecule has 3 aromatic rings. The first-order valence-electron chi connectivity index (χ1n) is 12.2. The van der Waals surface area contributed by atoms with E-state index in [9.17, 15) is 13.2 Å². The highest BCUT2D eigenvalue weighted by Crippen LogP contribution is 2.31. The first-order valence-corrected chi connectivity index (χ1v) is 13.6. The predicted molar refractivity (Wildman–Crippen MR) is 143 cm³/mol. The number of para-hydroxylation sites is 1. The number of anilines is 2. The van der Waals surface area contributed by atoms with Gasteiger partial charge in [-0.3, -0.25) is 9.10 Å². The third-order valence-electron chi connectivity index (χ3n) is 6.55. The molecule has 36 heavy (non-hydrogen) atoms. The highest BCUT2D eigenvalue weighted by Gasteiger charge is 2.32. The van der Waals surface area contributed by atoms with E-state index in [-0.39, 0.29) is 23.1 Å². The van der Waals surface area contributed by atoms with Gasteiger partial charge in [-0.2, -0.15) is 0 Å². The molecule has 1 aliphatic rings. The molecule has 190 valence electrons. The molecule has 0 saturated carbocycles. The van der Waals surface area contributed by atoms with E-state index < -0.39 is 10.0 Å². The Bertz CT molecular complexity index is 1290. The molecule has 1 amide bonds. The smallest absolute Gasteiger partial charge is 0.268 e. The molecular weight excluding hydrogens is 474 g/mol. The van der Waals surface area contributed by atoms with Crippen molar-refractivity contribution in [1.82, 2.24) is 4.90 Å². The lowest BCUT2D eigenvalue weighted by atomic mass is 10.1. The third-order valence-corrected chi connectivity index (χ3v) is 8.35. The molecule has 8 heteroatoms. The van der Waals surface area contributed by atoms with Gasteiger partial charge >= 0.3 is 0 Å². The summed E-state index contributed by atoms with van der Waals surface area (Å²) < 4.78 is 34.5. The molecule has 0 radical (unpaired) electrons. The molecule has 0 unspecified atom stereocenters. The van der Waals surface area contributed by atoms with E-state index in [2.05, 4.69) is 17.0 Å². The van der Waals surface area contributed by atoms with Crippen molar-refractivity contribution in [2.24, 2.45) is 0 Å². The number of rotatable bonds is 8. The van der Waals surface area contributed by atoms with Gasteiger partial charge in [0.15, 0.2) is 0 Å². The number of piperazine rings is 1. The highest BCUT2D eigenvalue weighted by molar-refractivity contribution is 7.93. The van der Waals surface area contributed by atoms with Crippen LogP contribution in [0.25, 0.3) is 0 Å². The van der Waals surface area contributed by atoms with Gasteiger partial charge in [0.2, 0.25) is 5.91 Å². The van der Waals surface area contributed by atoms with Crippen molar-refractivity contribution in [3.8, 4) is 5.75 Å². The average Bonchev–Trinajstić information content (AvgIpc) is 2.92. The van der Waals surface area contributed by atoms with Crippen LogP contribution in [0.5, 0.6) is 5.75 Å². The molecule has 0 bridgehead atoms. The molecule has 1 aliphatic heterocycles. The molecule has 0 aromatic heterocycles. The van der Waals surface area contributed by atoms with Crippen molar-refractivity contribution >= 4 is 27.3 Å². The third kappa shape index (κ3) is 5.49. The van der Waals surface area contributed by atoms with E-state index in [1.54, 1.807) is 35.2 Å². The monoisotopic (exact) mass is 507 g/mol. The van der Waals surface area contributed by atoms with Crippen LogP contribution in [0.3, 0.4) is 0 Å². The number of ether oxygens (including phenoxy) is 1. The summed E-state index contributed by atoms with van der Waals surface area (Å²) in [6.45, 7) is 6.04. The van der Waals surface area contributed by atoms with Gasteiger partial charge in [0, 0.05) is 31.9 Å². The van der Waals surface area contributed by atoms with Crippen LogP contribution in [0.1, 0.15) is 18.1 Å². The summed E-state index contributed by atoms with van der Waals surface area (Å²) in [5.74, 6) is 0.0252. The fourth-order valence-corrected chi connectivity index (χ4v) is 6.05. The summed E-state index contributed by atoms with van der Waals surface area (Å²) in [6.07, 6.45) is 0.837. The zero-order valence-electron chi connectivity index (χ0n) is 21.1. The molecular formula is C28H33N3O4S. The molecule has 1 heterocycles. The van der Waals surface area contributed by atoms with Crippen LogP contribution in [0.4, 0.5) is 11.4 Å². The van der Waals surface area contributed by atoms with Crippen LogP contribution in [-0.2, 0) is 21.2 Å². The Morgan fingerprint density at radius 1 is 0.944 bits per heavy atom. The number of sulfonamides is 1. The van der Waals surface area contributed by atoms with E-state index in [1.807, 2.05) is 44.2 Å². The summed E-state index contributed by atoms with van der Waals surface area (Å²) >= 11 is 0. The molecule has 1 saturated heterocycles. The SMILES string of the molecule is CCc1ccc(N(CC(=O)N2CCN(c3ccccc3)CC2)S(=O)(=O)c2cc(C)ccc2OC)cc1. The standard InChI is InChI=1S/C28H33N3O4S/c1-4-23-11-13-25(14-12-23)31(36(33,34)27-20-22(2)10-15-26(27)35-3)21-28(32)30-18-16-29(17-19-30)24-8-6-5-7-9-24/h5-15,20H,4,16-19,21H2,1-3H3. The normalized spacial score (nSPS) is 14.0. The number of methoxy groups -OCH3 is 1. The van der Waals surface area contributed by atoms with Crippen LogP contribution in [0, 0.1) is 6.92 Å². The predicted octanol–water partition coefficient (Wildman–Crippen LogP) is 4.11. The van der Waals surface area contributed by atoms with Crippen molar-refractivity contribution < 1.29 is 17.9 Å². The Morgan fingerprint density at radius 3 is 2.22 bits per heavy atom. The number of aryl methyl sites for hydroxylation is 2. The zero-order valence-corrected chi connectivity index (χ0v) is 21.9. The van der Waals surface area contributed by atoms with Crippen LogP contribution in [0.15, 0.2) is 77.7 Å². The topological polar surface area (TPSA) is 70.2 Å². The number of hydrogen-bond acceptors (Lipinski definition) is 5. The Labute approximate surface area is 214 Å².